The summed E-state index contributed by atoms with van der Waals surface area (Å²) in [5, 5.41) is 13.0. The predicted octanol–water partition coefficient (Wildman–Crippen LogP) is 0.614. The molecule has 0 saturated heterocycles. The van der Waals surface area contributed by atoms with Crippen LogP contribution in [0, 0.1) is 10.1 Å². The van der Waals surface area contributed by atoms with Crippen LogP contribution in [0.5, 0.6) is 0 Å². The molecule has 0 aliphatic heterocycles. The number of nitrogens with zero attached hydrogens (tertiary/aromatic N) is 2. The molecule has 1 rings (SSSR count). The standard InChI is InChI=1S/C6H8N4O2/c1-8-4-2-3-5(10(11)12)9-6(4)7/h2-3,8H,1H3,(H2,7,9). The van der Waals surface area contributed by atoms with Crippen molar-refractivity contribution in [2.24, 2.45) is 0 Å². The van der Waals surface area contributed by atoms with Gasteiger partial charge >= 0.3 is 5.82 Å². The van der Waals surface area contributed by atoms with E-state index in [1.54, 1.807) is 7.05 Å². The minimum absolute atomic E-state index is 0.131. The molecular weight excluding hydrogens is 160 g/mol. The summed E-state index contributed by atoms with van der Waals surface area (Å²) in [4.78, 5) is 13.2. The molecule has 3 N–H and O–H groups in total. The first-order valence-corrected chi connectivity index (χ1v) is 3.24. The molecule has 0 bridgehead atoms. The third kappa shape index (κ3) is 1.42. The second-order valence-electron chi connectivity index (χ2n) is 2.11. The van der Waals surface area contributed by atoms with E-state index in [0.717, 1.165) is 0 Å². The Balaban J connectivity index is 3.10. The average molecular weight is 168 g/mol. The summed E-state index contributed by atoms with van der Waals surface area (Å²) in [5.41, 5.74) is 5.98. The van der Waals surface area contributed by atoms with Crippen molar-refractivity contribution >= 4 is 17.3 Å². The highest BCUT2D eigenvalue weighted by atomic mass is 16.6. The number of hydrogen-bond acceptors (Lipinski definition) is 5. The van der Waals surface area contributed by atoms with Crippen molar-refractivity contribution in [1.82, 2.24) is 4.98 Å². The van der Waals surface area contributed by atoms with Crippen molar-refractivity contribution in [3.63, 3.8) is 0 Å². The summed E-state index contributed by atoms with van der Waals surface area (Å²) in [7, 11) is 1.67. The van der Waals surface area contributed by atoms with E-state index in [0.29, 0.717) is 5.69 Å². The number of nitrogens with two attached hydrogens (primary N) is 1. The Morgan fingerprint density at radius 3 is 2.75 bits per heavy atom. The molecule has 0 fully saturated rings. The number of pyridine rings is 1. The number of nitro groups is 1. The van der Waals surface area contributed by atoms with Crippen molar-refractivity contribution in [3.05, 3.63) is 22.2 Å². The summed E-state index contributed by atoms with van der Waals surface area (Å²) in [5.74, 6) is -0.113. The van der Waals surface area contributed by atoms with Crippen molar-refractivity contribution < 1.29 is 4.92 Å². The third-order valence-electron chi connectivity index (χ3n) is 1.37. The molecule has 1 aromatic heterocycles. The van der Waals surface area contributed by atoms with Crippen LogP contribution in [-0.4, -0.2) is 17.0 Å². The lowest BCUT2D eigenvalue weighted by Gasteiger charge is -1.98. The van der Waals surface area contributed by atoms with Gasteiger partial charge in [-0.3, -0.25) is 0 Å². The highest BCUT2D eigenvalue weighted by Crippen LogP contribution is 2.18. The Morgan fingerprint density at radius 2 is 2.33 bits per heavy atom. The van der Waals surface area contributed by atoms with Gasteiger partial charge in [-0.2, -0.15) is 0 Å². The maximum atomic E-state index is 10.2. The topological polar surface area (TPSA) is 94.1 Å². The SMILES string of the molecule is CNc1ccc([N+](=O)[O-])nc1N. The normalized spacial score (nSPS) is 9.42. The van der Waals surface area contributed by atoms with Gasteiger partial charge in [-0.25, -0.2) is 0 Å². The van der Waals surface area contributed by atoms with Crippen molar-refractivity contribution in [1.29, 1.82) is 0 Å². The van der Waals surface area contributed by atoms with Crippen molar-refractivity contribution in [2.45, 2.75) is 0 Å². The molecule has 0 spiro atoms. The zero-order valence-corrected chi connectivity index (χ0v) is 6.44. The summed E-state index contributed by atoms with van der Waals surface area (Å²) in [6, 6.07) is 2.81. The number of rotatable bonds is 2. The minimum Gasteiger partial charge on any atom is -0.383 e. The Morgan fingerprint density at radius 1 is 1.67 bits per heavy atom. The van der Waals surface area contributed by atoms with Crippen LogP contribution in [0.15, 0.2) is 12.1 Å². The first kappa shape index (κ1) is 8.25. The lowest BCUT2D eigenvalue weighted by molar-refractivity contribution is -0.389. The molecule has 1 aromatic rings. The van der Waals surface area contributed by atoms with Gasteiger partial charge in [0.15, 0.2) is 0 Å². The fourth-order valence-corrected chi connectivity index (χ4v) is 0.777. The number of aromatic nitrogens is 1. The van der Waals surface area contributed by atoms with Gasteiger partial charge in [0.2, 0.25) is 0 Å². The van der Waals surface area contributed by atoms with Gasteiger partial charge in [0.25, 0.3) is 5.82 Å². The Hall–Kier alpha value is -1.85. The van der Waals surface area contributed by atoms with Crippen LogP contribution in [0.2, 0.25) is 0 Å². The highest BCUT2D eigenvalue weighted by molar-refractivity contribution is 5.62. The summed E-state index contributed by atoms with van der Waals surface area (Å²) in [6.45, 7) is 0. The zero-order valence-electron chi connectivity index (χ0n) is 6.44. The van der Waals surface area contributed by atoms with Gasteiger partial charge in [-0.1, -0.05) is 0 Å². The zero-order chi connectivity index (χ0) is 9.14. The van der Waals surface area contributed by atoms with Crippen molar-refractivity contribution in [3.8, 4) is 0 Å². The summed E-state index contributed by atoms with van der Waals surface area (Å²) < 4.78 is 0. The monoisotopic (exact) mass is 168 g/mol. The molecule has 0 amide bonds. The minimum atomic E-state index is -0.587. The molecule has 0 radical (unpaired) electrons. The van der Waals surface area contributed by atoms with E-state index in [2.05, 4.69) is 10.3 Å². The molecule has 0 aliphatic rings. The van der Waals surface area contributed by atoms with Crippen LogP contribution in [0.1, 0.15) is 0 Å². The molecule has 0 atom stereocenters. The maximum Gasteiger partial charge on any atom is 0.365 e. The van der Waals surface area contributed by atoms with E-state index in [1.807, 2.05) is 0 Å². The lowest BCUT2D eigenvalue weighted by Crippen LogP contribution is -2.01. The van der Waals surface area contributed by atoms with Crippen LogP contribution in [0.25, 0.3) is 0 Å². The first-order valence-electron chi connectivity index (χ1n) is 3.24. The Kier molecular flexibility index (Phi) is 2.09. The van der Waals surface area contributed by atoms with Crippen LogP contribution < -0.4 is 11.1 Å². The first-order chi connectivity index (χ1) is 5.65. The third-order valence-corrected chi connectivity index (χ3v) is 1.37. The van der Waals surface area contributed by atoms with Crippen LogP contribution in [-0.2, 0) is 0 Å². The second kappa shape index (κ2) is 3.04. The van der Waals surface area contributed by atoms with E-state index >= 15 is 0 Å². The molecule has 6 nitrogen and oxygen atoms in total. The number of hydrogen-bond donors (Lipinski definition) is 2. The molecule has 0 aromatic carbocycles. The van der Waals surface area contributed by atoms with Gasteiger partial charge in [-0.05, 0) is 16.0 Å². The van der Waals surface area contributed by atoms with Gasteiger partial charge < -0.3 is 21.2 Å². The van der Waals surface area contributed by atoms with Crippen LogP contribution >= 0.6 is 0 Å². The Labute approximate surface area is 68.6 Å². The van der Waals surface area contributed by atoms with E-state index < -0.39 is 4.92 Å². The largest absolute Gasteiger partial charge is 0.383 e. The molecule has 0 aliphatic carbocycles. The lowest BCUT2D eigenvalue weighted by atomic mass is 10.4. The Bertz CT molecular complexity index is 312. The summed E-state index contributed by atoms with van der Waals surface area (Å²) in [6.07, 6.45) is 0. The maximum absolute atomic E-state index is 10.2. The fraction of sp³-hybridized carbons (Fsp3) is 0.167. The second-order valence-corrected chi connectivity index (χ2v) is 2.11. The smallest absolute Gasteiger partial charge is 0.365 e. The molecule has 64 valence electrons. The van der Waals surface area contributed by atoms with Crippen molar-refractivity contribution in [2.75, 3.05) is 18.1 Å². The fourth-order valence-electron chi connectivity index (χ4n) is 0.777. The van der Waals surface area contributed by atoms with Gasteiger partial charge in [0, 0.05) is 13.1 Å². The van der Waals surface area contributed by atoms with Gasteiger partial charge in [0.1, 0.15) is 5.69 Å². The van der Waals surface area contributed by atoms with Crippen LogP contribution in [0.4, 0.5) is 17.3 Å². The predicted molar refractivity (Wildman–Crippen MR) is 44.9 cm³/mol. The molecule has 0 unspecified atom stereocenters. The van der Waals surface area contributed by atoms with Gasteiger partial charge in [0.05, 0.1) is 0 Å². The van der Waals surface area contributed by atoms with Crippen LogP contribution in [0.3, 0.4) is 0 Å². The quantitative estimate of drug-likeness (QED) is 0.498. The van der Waals surface area contributed by atoms with Gasteiger partial charge in [-0.15, -0.1) is 0 Å². The average Bonchev–Trinajstić information content (AvgIpc) is 2.04. The van der Waals surface area contributed by atoms with E-state index in [-0.39, 0.29) is 11.6 Å². The molecule has 12 heavy (non-hydrogen) atoms. The number of nitrogen functional groups attached to an aromatic ring is 1. The summed E-state index contributed by atoms with van der Waals surface area (Å²) >= 11 is 0. The number of nitrogens with one attached hydrogen (secondary N) is 1. The molecular formula is C6H8N4O2. The molecule has 6 heteroatoms. The van der Waals surface area contributed by atoms with E-state index in [1.165, 1.54) is 12.1 Å². The van der Waals surface area contributed by atoms with E-state index in [9.17, 15) is 10.1 Å². The molecule has 1 heterocycles. The molecule has 0 saturated carbocycles. The number of anilines is 2. The highest BCUT2D eigenvalue weighted by Gasteiger charge is 2.10. The van der Waals surface area contributed by atoms with E-state index in [4.69, 9.17) is 5.73 Å².